The Kier molecular flexibility index (Phi) is 6.42. The number of hydrogen-bond acceptors (Lipinski definition) is 8. The summed E-state index contributed by atoms with van der Waals surface area (Å²) >= 11 is 0. The Balaban J connectivity index is 1.81. The Labute approximate surface area is 197 Å². The van der Waals surface area contributed by atoms with Gasteiger partial charge in [0, 0.05) is 18.9 Å². The lowest BCUT2D eigenvalue weighted by molar-refractivity contribution is -0.116. The van der Waals surface area contributed by atoms with Crippen LogP contribution in [-0.2, 0) is 27.4 Å². The predicted octanol–water partition coefficient (Wildman–Crippen LogP) is 0.961. The fourth-order valence-electron chi connectivity index (χ4n) is 3.70. The van der Waals surface area contributed by atoms with Gasteiger partial charge in [-0.1, -0.05) is 6.58 Å². The quantitative estimate of drug-likeness (QED) is 0.467. The first kappa shape index (κ1) is 23.8. The van der Waals surface area contributed by atoms with Gasteiger partial charge in [-0.2, -0.15) is 9.61 Å². The van der Waals surface area contributed by atoms with Crippen LogP contribution in [0, 0.1) is 5.82 Å². The van der Waals surface area contributed by atoms with Crippen LogP contribution in [-0.4, -0.2) is 62.2 Å². The highest BCUT2D eigenvalue weighted by Gasteiger charge is 2.36. The van der Waals surface area contributed by atoms with Crippen molar-refractivity contribution in [3.63, 3.8) is 0 Å². The number of amides is 2. The van der Waals surface area contributed by atoms with Gasteiger partial charge in [-0.15, -0.1) is 0 Å². The van der Waals surface area contributed by atoms with E-state index in [1.54, 1.807) is 6.92 Å². The maximum absolute atomic E-state index is 13.3. The van der Waals surface area contributed by atoms with Gasteiger partial charge in [0.25, 0.3) is 11.5 Å². The molecule has 4 rings (SSSR count). The molecule has 4 heterocycles. The third kappa shape index (κ3) is 4.40. The number of anilines is 1. The van der Waals surface area contributed by atoms with Crippen LogP contribution in [0.4, 0.5) is 10.2 Å². The summed E-state index contributed by atoms with van der Waals surface area (Å²) < 4.78 is 25.4. The zero-order chi connectivity index (χ0) is 25.3. The van der Waals surface area contributed by atoms with Crippen molar-refractivity contribution in [2.75, 3.05) is 25.6 Å². The van der Waals surface area contributed by atoms with Gasteiger partial charge in [-0.25, -0.2) is 14.2 Å². The molecule has 0 bridgehead atoms. The van der Waals surface area contributed by atoms with E-state index >= 15 is 0 Å². The second-order valence-corrected chi connectivity index (χ2v) is 7.54. The van der Waals surface area contributed by atoms with Gasteiger partial charge in [0.1, 0.15) is 29.5 Å². The molecule has 182 valence electrons. The standard InChI is InChI=1S/C22H21FN6O6/c1-4-35-22(33)15-7-18-28(10-17(30)25-16-6-5-13(23)8-24-16)19-14(20(31)29(18)26-15)9-27(21(19)32)12(2)11-34-3/h5-8H,2,4,9-11H2,1,3H3,(H,24,25,30). The van der Waals surface area contributed by atoms with E-state index in [0.29, 0.717) is 5.70 Å². The molecule has 0 aliphatic carbocycles. The number of nitrogens with one attached hydrogen (secondary N) is 1. The van der Waals surface area contributed by atoms with Crippen LogP contribution in [0.5, 0.6) is 0 Å². The van der Waals surface area contributed by atoms with Gasteiger partial charge >= 0.3 is 5.97 Å². The molecule has 0 saturated heterocycles. The molecule has 1 aliphatic heterocycles. The molecule has 3 aromatic heterocycles. The Morgan fingerprint density at radius 3 is 2.71 bits per heavy atom. The number of ether oxygens (including phenoxy) is 2. The molecule has 0 fully saturated rings. The number of pyridine rings is 1. The second kappa shape index (κ2) is 9.46. The number of aromatic nitrogens is 4. The molecular weight excluding hydrogens is 463 g/mol. The van der Waals surface area contributed by atoms with E-state index < -0.39 is 35.7 Å². The Morgan fingerprint density at radius 1 is 1.29 bits per heavy atom. The molecule has 0 unspecified atom stereocenters. The molecule has 2 amide bonds. The Hall–Kier alpha value is -4.39. The van der Waals surface area contributed by atoms with Crippen molar-refractivity contribution < 1.29 is 28.2 Å². The second-order valence-electron chi connectivity index (χ2n) is 7.54. The molecule has 3 aromatic rings. The monoisotopic (exact) mass is 484 g/mol. The number of carbonyl (C=O) groups excluding carboxylic acids is 3. The van der Waals surface area contributed by atoms with Crippen molar-refractivity contribution in [3.05, 3.63) is 69.8 Å². The van der Waals surface area contributed by atoms with E-state index in [1.165, 1.54) is 28.7 Å². The fraction of sp³-hybridized carbons (Fsp3) is 0.273. The van der Waals surface area contributed by atoms with Gasteiger partial charge in [0.05, 0.1) is 31.5 Å². The van der Waals surface area contributed by atoms with Crippen molar-refractivity contribution in [1.29, 1.82) is 0 Å². The smallest absolute Gasteiger partial charge is 0.358 e. The predicted molar refractivity (Wildman–Crippen MR) is 119 cm³/mol. The first-order valence-electron chi connectivity index (χ1n) is 10.5. The lowest BCUT2D eigenvalue weighted by Gasteiger charge is -2.18. The van der Waals surface area contributed by atoms with Gasteiger partial charge < -0.3 is 24.3 Å². The normalized spacial score (nSPS) is 12.7. The van der Waals surface area contributed by atoms with Crippen molar-refractivity contribution in [2.24, 2.45) is 0 Å². The van der Waals surface area contributed by atoms with Gasteiger partial charge in [-0.05, 0) is 19.1 Å². The summed E-state index contributed by atoms with van der Waals surface area (Å²) in [5, 5.41) is 6.55. The molecule has 0 radical (unpaired) electrons. The number of rotatable bonds is 8. The summed E-state index contributed by atoms with van der Waals surface area (Å²) in [6.45, 7) is 5.04. The van der Waals surface area contributed by atoms with Crippen LogP contribution in [0.2, 0.25) is 0 Å². The van der Waals surface area contributed by atoms with Gasteiger partial charge in [0.15, 0.2) is 5.69 Å². The van der Waals surface area contributed by atoms with E-state index in [-0.39, 0.29) is 48.2 Å². The number of nitrogens with zero attached hydrogens (tertiary/aromatic N) is 5. The average Bonchev–Trinajstić information content (AvgIpc) is 3.41. The summed E-state index contributed by atoms with van der Waals surface area (Å²) in [6, 6.07) is 3.67. The van der Waals surface area contributed by atoms with Crippen molar-refractivity contribution in [2.45, 2.75) is 20.0 Å². The molecular formula is C22H21FN6O6. The molecule has 0 saturated carbocycles. The Morgan fingerprint density at radius 2 is 2.06 bits per heavy atom. The van der Waals surface area contributed by atoms with Crippen LogP contribution >= 0.6 is 0 Å². The number of methoxy groups -OCH3 is 1. The summed E-state index contributed by atoms with van der Waals surface area (Å²) in [5.41, 5.74) is -0.391. The highest BCUT2D eigenvalue weighted by molar-refractivity contribution is 5.99. The molecule has 0 aromatic carbocycles. The highest BCUT2D eigenvalue weighted by Crippen LogP contribution is 2.25. The minimum Gasteiger partial charge on any atom is -0.461 e. The number of fused-ring (bicyclic) bond motifs is 2. The minimum absolute atomic E-state index is 0.0339. The molecule has 35 heavy (non-hydrogen) atoms. The van der Waals surface area contributed by atoms with Crippen molar-refractivity contribution >= 4 is 29.2 Å². The average molecular weight is 484 g/mol. The number of hydrogen-bond donors (Lipinski definition) is 1. The van der Waals surface area contributed by atoms with E-state index in [9.17, 15) is 23.6 Å². The zero-order valence-electron chi connectivity index (χ0n) is 18.9. The van der Waals surface area contributed by atoms with Crippen LogP contribution in [0.25, 0.3) is 5.65 Å². The molecule has 1 N–H and O–H groups in total. The van der Waals surface area contributed by atoms with Crippen LogP contribution in [0.1, 0.15) is 33.5 Å². The lowest BCUT2D eigenvalue weighted by atomic mass is 10.2. The van der Waals surface area contributed by atoms with Crippen LogP contribution in [0.15, 0.2) is 41.5 Å². The molecule has 12 nitrogen and oxygen atoms in total. The maximum Gasteiger partial charge on any atom is 0.358 e. The van der Waals surface area contributed by atoms with E-state index in [4.69, 9.17) is 9.47 Å². The molecule has 13 heteroatoms. The highest BCUT2D eigenvalue weighted by atomic mass is 19.1. The lowest BCUT2D eigenvalue weighted by Crippen LogP contribution is -2.30. The van der Waals surface area contributed by atoms with Crippen LogP contribution in [0.3, 0.4) is 0 Å². The molecule has 0 atom stereocenters. The first-order chi connectivity index (χ1) is 16.7. The van der Waals surface area contributed by atoms with E-state index in [0.717, 1.165) is 16.8 Å². The van der Waals surface area contributed by atoms with E-state index in [2.05, 4.69) is 22.0 Å². The van der Waals surface area contributed by atoms with Gasteiger partial charge in [0.2, 0.25) is 5.91 Å². The minimum atomic E-state index is -0.760. The number of carbonyl (C=O) groups is 3. The third-order valence-electron chi connectivity index (χ3n) is 5.21. The van der Waals surface area contributed by atoms with E-state index in [1.807, 2.05) is 0 Å². The zero-order valence-corrected chi connectivity index (χ0v) is 18.9. The van der Waals surface area contributed by atoms with Gasteiger partial charge in [-0.3, -0.25) is 14.4 Å². The maximum atomic E-state index is 13.3. The molecule has 0 spiro atoms. The Bertz CT molecular complexity index is 1410. The number of esters is 1. The SMILES string of the molecule is C=C(COC)N1Cc2c(n(CC(=O)Nc3ccc(F)cn3)c3cc(C(=O)OCC)nn3c2=O)C1=O. The summed E-state index contributed by atoms with van der Waals surface area (Å²) in [5.74, 6) is -2.42. The first-order valence-corrected chi connectivity index (χ1v) is 10.5. The fourth-order valence-corrected chi connectivity index (χ4v) is 3.70. The topological polar surface area (TPSA) is 137 Å². The summed E-state index contributed by atoms with van der Waals surface area (Å²) in [6.07, 6.45) is 0.941. The van der Waals surface area contributed by atoms with Crippen LogP contribution < -0.4 is 10.9 Å². The number of halogens is 1. The molecule has 1 aliphatic rings. The summed E-state index contributed by atoms with van der Waals surface area (Å²) in [4.78, 5) is 56.6. The van der Waals surface area contributed by atoms with Crippen molar-refractivity contribution in [3.8, 4) is 0 Å². The largest absolute Gasteiger partial charge is 0.461 e. The summed E-state index contributed by atoms with van der Waals surface area (Å²) in [7, 11) is 1.44. The van der Waals surface area contributed by atoms with Crippen molar-refractivity contribution in [1.82, 2.24) is 24.1 Å². The third-order valence-corrected chi connectivity index (χ3v) is 5.21.